The standard InChI is InChI=1S/C16H15ClFN3/c1-11(17)15-20-14-6-3-8-19-16(14)21(15)9-7-12-4-2-5-13(18)10-12/h2-6,8,10-11H,7,9H2,1H3. The Balaban J connectivity index is 1.93. The molecule has 0 saturated carbocycles. The minimum atomic E-state index is -0.216. The lowest BCUT2D eigenvalue weighted by Gasteiger charge is -2.10. The topological polar surface area (TPSA) is 30.7 Å². The summed E-state index contributed by atoms with van der Waals surface area (Å²) in [4.78, 5) is 8.92. The number of pyridine rings is 1. The molecule has 2 aromatic heterocycles. The van der Waals surface area contributed by atoms with E-state index in [4.69, 9.17) is 11.6 Å². The predicted octanol–water partition coefficient (Wildman–Crippen LogP) is 4.11. The summed E-state index contributed by atoms with van der Waals surface area (Å²) in [5.41, 5.74) is 2.59. The first kappa shape index (κ1) is 14.0. The SMILES string of the molecule is CC(Cl)c1nc2cccnc2n1CCc1cccc(F)c1. The monoisotopic (exact) mass is 303 g/mol. The fraction of sp³-hybridized carbons (Fsp3) is 0.250. The van der Waals surface area contributed by atoms with Crippen LogP contribution in [0, 0.1) is 5.82 Å². The molecule has 0 fully saturated rings. The molecule has 2 heterocycles. The van der Waals surface area contributed by atoms with Crippen molar-refractivity contribution in [1.82, 2.24) is 14.5 Å². The first-order valence-corrected chi connectivity index (χ1v) is 7.28. The van der Waals surface area contributed by atoms with Crippen molar-refractivity contribution in [1.29, 1.82) is 0 Å². The number of nitrogens with zero attached hydrogens (tertiary/aromatic N) is 3. The van der Waals surface area contributed by atoms with Crippen molar-refractivity contribution >= 4 is 22.8 Å². The van der Waals surface area contributed by atoms with Gasteiger partial charge in [0.25, 0.3) is 0 Å². The average molecular weight is 304 g/mol. The molecular weight excluding hydrogens is 289 g/mol. The van der Waals surface area contributed by atoms with Gasteiger partial charge in [0.1, 0.15) is 17.2 Å². The molecule has 0 aliphatic rings. The van der Waals surface area contributed by atoms with E-state index in [-0.39, 0.29) is 11.2 Å². The minimum Gasteiger partial charge on any atom is -0.311 e. The van der Waals surface area contributed by atoms with Crippen molar-refractivity contribution in [2.45, 2.75) is 25.3 Å². The molecule has 1 atom stereocenters. The maximum atomic E-state index is 13.2. The zero-order valence-electron chi connectivity index (χ0n) is 11.6. The van der Waals surface area contributed by atoms with Gasteiger partial charge in [-0.25, -0.2) is 14.4 Å². The van der Waals surface area contributed by atoms with Gasteiger partial charge in [0.2, 0.25) is 0 Å². The van der Waals surface area contributed by atoms with Gasteiger partial charge < -0.3 is 4.57 Å². The van der Waals surface area contributed by atoms with Gasteiger partial charge in [-0.05, 0) is 43.2 Å². The van der Waals surface area contributed by atoms with Crippen molar-refractivity contribution in [2.75, 3.05) is 0 Å². The highest BCUT2D eigenvalue weighted by Crippen LogP contribution is 2.23. The Labute approximate surface area is 127 Å². The summed E-state index contributed by atoms with van der Waals surface area (Å²) in [5.74, 6) is 0.578. The Morgan fingerprint density at radius 3 is 2.90 bits per heavy atom. The molecule has 0 spiro atoms. The molecule has 0 amide bonds. The normalized spacial score (nSPS) is 12.7. The molecule has 0 radical (unpaired) electrons. The van der Waals surface area contributed by atoms with Gasteiger partial charge in [-0.3, -0.25) is 0 Å². The lowest BCUT2D eigenvalue weighted by Crippen LogP contribution is -2.07. The lowest BCUT2D eigenvalue weighted by atomic mass is 10.1. The highest BCUT2D eigenvalue weighted by atomic mass is 35.5. The maximum Gasteiger partial charge on any atom is 0.160 e. The molecule has 1 unspecified atom stereocenters. The van der Waals surface area contributed by atoms with Crippen LogP contribution in [0.25, 0.3) is 11.2 Å². The molecule has 3 rings (SSSR count). The van der Waals surface area contributed by atoms with E-state index < -0.39 is 0 Å². The van der Waals surface area contributed by atoms with Crippen LogP contribution in [0.5, 0.6) is 0 Å². The Morgan fingerprint density at radius 2 is 2.14 bits per heavy atom. The molecule has 1 aromatic carbocycles. The van der Waals surface area contributed by atoms with Gasteiger partial charge in [-0.1, -0.05) is 12.1 Å². The first-order chi connectivity index (χ1) is 10.1. The Morgan fingerprint density at radius 1 is 1.29 bits per heavy atom. The number of benzene rings is 1. The largest absolute Gasteiger partial charge is 0.311 e. The van der Waals surface area contributed by atoms with E-state index in [0.29, 0.717) is 13.0 Å². The quantitative estimate of drug-likeness (QED) is 0.679. The second-order valence-corrected chi connectivity index (χ2v) is 5.62. The molecule has 5 heteroatoms. The van der Waals surface area contributed by atoms with Gasteiger partial charge in [0, 0.05) is 12.7 Å². The second kappa shape index (κ2) is 5.82. The summed E-state index contributed by atoms with van der Waals surface area (Å²) < 4.78 is 15.3. The number of halogens is 2. The van der Waals surface area contributed by atoms with Crippen LogP contribution in [-0.2, 0) is 13.0 Å². The first-order valence-electron chi connectivity index (χ1n) is 6.85. The highest BCUT2D eigenvalue weighted by molar-refractivity contribution is 6.20. The fourth-order valence-corrected chi connectivity index (χ4v) is 2.60. The van der Waals surface area contributed by atoms with Gasteiger partial charge in [0.15, 0.2) is 5.65 Å². The van der Waals surface area contributed by atoms with Crippen LogP contribution in [0.4, 0.5) is 4.39 Å². The lowest BCUT2D eigenvalue weighted by molar-refractivity contribution is 0.619. The number of hydrogen-bond donors (Lipinski definition) is 0. The summed E-state index contributed by atoms with van der Waals surface area (Å²) in [5, 5.41) is -0.202. The third kappa shape index (κ3) is 2.90. The number of fused-ring (bicyclic) bond motifs is 1. The molecule has 3 nitrogen and oxygen atoms in total. The van der Waals surface area contributed by atoms with Crippen LogP contribution in [0.3, 0.4) is 0 Å². The smallest absolute Gasteiger partial charge is 0.160 e. The molecule has 0 aliphatic carbocycles. The minimum absolute atomic E-state index is 0.202. The summed E-state index contributed by atoms with van der Waals surface area (Å²) >= 11 is 6.22. The number of aryl methyl sites for hydroxylation is 2. The van der Waals surface area contributed by atoms with Crippen LogP contribution < -0.4 is 0 Å². The summed E-state index contributed by atoms with van der Waals surface area (Å²) in [6.07, 6.45) is 2.45. The number of hydrogen-bond acceptors (Lipinski definition) is 2. The van der Waals surface area contributed by atoms with Crippen LogP contribution in [0.1, 0.15) is 23.7 Å². The van der Waals surface area contributed by atoms with Gasteiger partial charge >= 0.3 is 0 Å². The fourth-order valence-electron chi connectivity index (χ4n) is 2.43. The van der Waals surface area contributed by atoms with Crippen molar-refractivity contribution in [3.63, 3.8) is 0 Å². The number of imidazole rings is 1. The molecular formula is C16H15ClFN3. The number of rotatable bonds is 4. The van der Waals surface area contributed by atoms with E-state index in [1.165, 1.54) is 6.07 Å². The van der Waals surface area contributed by atoms with E-state index in [9.17, 15) is 4.39 Å². The second-order valence-electron chi connectivity index (χ2n) is 4.96. The van der Waals surface area contributed by atoms with E-state index in [1.54, 1.807) is 18.3 Å². The van der Waals surface area contributed by atoms with Crippen LogP contribution in [0.15, 0.2) is 42.6 Å². The van der Waals surface area contributed by atoms with Crippen LogP contribution >= 0.6 is 11.6 Å². The zero-order valence-corrected chi connectivity index (χ0v) is 12.4. The Kier molecular flexibility index (Phi) is 3.88. The van der Waals surface area contributed by atoms with Gasteiger partial charge in [0.05, 0.1) is 5.38 Å². The van der Waals surface area contributed by atoms with E-state index in [1.807, 2.05) is 29.7 Å². The predicted molar refractivity (Wildman–Crippen MR) is 81.9 cm³/mol. The highest BCUT2D eigenvalue weighted by Gasteiger charge is 2.15. The van der Waals surface area contributed by atoms with E-state index in [0.717, 1.165) is 22.6 Å². The summed E-state index contributed by atoms with van der Waals surface area (Å²) in [6, 6.07) is 10.4. The van der Waals surface area contributed by atoms with Crippen molar-refractivity contribution in [3.05, 3.63) is 59.8 Å². The van der Waals surface area contributed by atoms with Crippen LogP contribution in [-0.4, -0.2) is 14.5 Å². The molecule has 0 N–H and O–H groups in total. The third-order valence-electron chi connectivity index (χ3n) is 3.40. The van der Waals surface area contributed by atoms with Crippen molar-refractivity contribution < 1.29 is 4.39 Å². The number of aromatic nitrogens is 3. The van der Waals surface area contributed by atoms with E-state index in [2.05, 4.69) is 9.97 Å². The van der Waals surface area contributed by atoms with Gasteiger partial charge in [-0.15, -0.1) is 11.6 Å². The van der Waals surface area contributed by atoms with Crippen LogP contribution in [0.2, 0.25) is 0 Å². The molecule has 0 bridgehead atoms. The molecule has 0 aliphatic heterocycles. The summed E-state index contributed by atoms with van der Waals surface area (Å²) in [7, 11) is 0. The molecule has 21 heavy (non-hydrogen) atoms. The average Bonchev–Trinajstić information content (AvgIpc) is 2.84. The Hall–Kier alpha value is -1.94. The molecule has 0 saturated heterocycles. The summed E-state index contributed by atoms with van der Waals surface area (Å²) in [6.45, 7) is 2.56. The zero-order chi connectivity index (χ0) is 14.8. The third-order valence-corrected chi connectivity index (χ3v) is 3.60. The number of alkyl halides is 1. The van der Waals surface area contributed by atoms with Gasteiger partial charge in [-0.2, -0.15) is 0 Å². The van der Waals surface area contributed by atoms with E-state index >= 15 is 0 Å². The van der Waals surface area contributed by atoms with Crippen molar-refractivity contribution in [2.24, 2.45) is 0 Å². The molecule has 3 aromatic rings. The Bertz CT molecular complexity index is 767. The molecule has 108 valence electrons. The maximum absolute atomic E-state index is 13.2. The van der Waals surface area contributed by atoms with Crippen molar-refractivity contribution in [3.8, 4) is 0 Å².